The molecule has 17 heavy (non-hydrogen) atoms. The smallest absolute Gasteiger partial charge is 0.214 e. The largest absolute Gasteiger partial charge is 0.478 e. The van der Waals surface area contributed by atoms with Gasteiger partial charge < -0.3 is 10.5 Å². The SMILES string of the molecule is CC(C)(C)NCOc1ccccc1.CC(N)=O. The molecule has 0 saturated heterocycles. The van der Waals surface area contributed by atoms with Crippen LogP contribution in [0, 0.1) is 0 Å². The Morgan fingerprint density at radius 3 is 2.18 bits per heavy atom. The average molecular weight is 238 g/mol. The van der Waals surface area contributed by atoms with Gasteiger partial charge in [-0.05, 0) is 32.9 Å². The second-order valence-corrected chi connectivity index (χ2v) is 4.64. The summed E-state index contributed by atoms with van der Waals surface area (Å²) in [5.41, 5.74) is 4.58. The monoisotopic (exact) mass is 238 g/mol. The van der Waals surface area contributed by atoms with Crippen LogP contribution in [-0.2, 0) is 4.79 Å². The normalized spacial score (nSPS) is 10.1. The molecule has 0 aliphatic heterocycles. The van der Waals surface area contributed by atoms with Crippen molar-refractivity contribution in [1.82, 2.24) is 5.32 Å². The van der Waals surface area contributed by atoms with E-state index in [1.165, 1.54) is 6.92 Å². The van der Waals surface area contributed by atoms with E-state index in [1.807, 2.05) is 30.3 Å². The van der Waals surface area contributed by atoms with E-state index in [4.69, 9.17) is 4.74 Å². The minimum atomic E-state index is -0.333. The van der Waals surface area contributed by atoms with Crippen LogP contribution in [0.5, 0.6) is 5.75 Å². The van der Waals surface area contributed by atoms with E-state index in [1.54, 1.807) is 0 Å². The molecule has 0 radical (unpaired) electrons. The van der Waals surface area contributed by atoms with Crippen LogP contribution in [0.4, 0.5) is 0 Å². The van der Waals surface area contributed by atoms with Crippen molar-refractivity contribution in [2.24, 2.45) is 5.73 Å². The average Bonchev–Trinajstić information content (AvgIpc) is 2.16. The summed E-state index contributed by atoms with van der Waals surface area (Å²) >= 11 is 0. The summed E-state index contributed by atoms with van der Waals surface area (Å²) in [6.07, 6.45) is 0. The lowest BCUT2D eigenvalue weighted by Gasteiger charge is -2.20. The Balaban J connectivity index is 0.000000557. The molecule has 0 saturated carbocycles. The first-order chi connectivity index (χ1) is 7.81. The van der Waals surface area contributed by atoms with Gasteiger partial charge in [-0.3, -0.25) is 10.1 Å². The number of amides is 1. The summed E-state index contributed by atoms with van der Waals surface area (Å²) in [5.74, 6) is 0.569. The summed E-state index contributed by atoms with van der Waals surface area (Å²) in [5, 5.41) is 3.25. The quantitative estimate of drug-likeness (QED) is 0.790. The van der Waals surface area contributed by atoms with Gasteiger partial charge in [-0.15, -0.1) is 0 Å². The maximum absolute atomic E-state index is 9.22. The van der Waals surface area contributed by atoms with Crippen LogP contribution in [0.15, 0.2) is 30.3 Å². The number of nitrogens with two attached hydrogens (primary N) is 1. The first kappa shape index (κ1) is 15.4. The summed E-state index contributed by atoms with van der Waals surface area (Å²) < 4.78 is 5.47. The summed E-state index contributed by atoms with van der Waals surface area (Å²) in [6.45, 7) is 8.19. The molecule has 1 aromatic carbocycles. The predicted octanol–water partition coefficient (Wildman–Crippen LogP) is 1.90. The molecular formula is C13H22N2O2. The summed E-state index contributed by atoms with van der Waals surface area (Å²) in [7, 11) is 0. The van der Waals surface area contributed by atoms with E-state index in [-0.39, 0.29) is 11.4 Å². The Morgan fingerprint density at radius 2 is 1.76 bits per heavy atom. The van der Waals surface area contributed by atoms with Gasteiger partial charge in [-0.2, -0.15) is 0 Å². The Labute approximate surface area is 103 Å². The zero-order valence-corrected chi connectivity index (χ0v) is 11.0. The van der Waals surface area contributed by atoms with E-state index in [2.05, 4.69) is 31.8 Å². The molecule has 96 valence electrons. The summed E-state index contributed by atoms with van der Waals surface area (Å²) in [4.78, 5) is 9.22. The van der Waals surface area contributed by atoms with Crippen molar-refractivity contribution < 1.29 is 9.53 Å². The number of primary amides is 1. The van der Waals surface area contributed by atoms with Gasteiger partial charge in [0.25, 0.3) is 0 Å². The molecule has 0 aliphatic rings. The number of carbonyl (C=O) groups excluding carboxylic acids is 1. The van der Waals surface area contributed by atoms with Crippen LogP contribution in [0.1, 0.15) is 27.7 Å². The number of hydrogen-bond donors (Lipinski definition) is 2. The maximum Gasteiger partial charge on any atom is 0.214 e. The molecule has 0 aromatic heterocycles. The van der Waals surface area contributed by atoms with Crippen LogP contribution in [0.2, 0.25) is 0 Å². The Morgan fingerprint density at radius 1 is 1.29 bits per heavy atom. The lowest BCUT2D eigenvalue weighted by Crippen LogP contribution is -2.38. The number of ether oxygens (including phenoxy) is 1. The van der Waals surface area contributed by atoms with Gasteiger partial charge in [-0.1, -0.05) is 18.2 Å². The Hall–Kier alpha value is -1.55. The van der Waals surface area contributed by atoms with Gasteiger partial charge in [-0.25, -0.2) is 0 Å². The molecule has 0 aliphatic carbocycles. The van der Waals surface area contributed by atoms with E-state index < -0.39 is 0 Å². The molecule has 1 amide bonds. The van der Waals surface area contributed by atoms with Crippen LogP contribution in [-0.4, -0.2) is 18.2 Å². The van der Waals surface area contributed by atoms with Crippen LogP contribution < -0.4 is 15.8 Å². The van der Waals surface area contributed by atoms with E-state index in [0.29, 0.717) is 6.73 Å². The fourth-order valence-corrected chi connectivity index (χ4v) is 0.853. The van der Waals surface area contributed by atoms with E-state index in [9.17, 15) is 4.79 Å². The molecule has 0 spiro atoms. The molecule has 3 N–H and O–H groups in total. The maximum atomic E-state index is 9.22. The molecule has 1 aromatic rings. The Kier molecular flexibility index (Phi) is 6.98. The van der Waals surface area contributed by atoms with Crippen molar-refractivity contribution in [2.75, 3.05) is 6.73 Å². The van der Waals surface area contributed by atoms with Crippen molar-refractivity contribution in [3.05, 3.63) is 30.3 Å². The standard InChI is InChI=1S/C11H17NO.C2H5NO/c1-11(2,3)12-9-13-10-7-5-4-6-8-10;1-2(3)4/h4-8,12H,9H2,1-3H3;1H3,(H2,3,4). The lowest BCUT2D eigenvalue weighted by atomic mass is 10.1. The molecule has 1 rings (SSSR count). The van der Waals surface area contributed by atoms with E-state index in [0.717, 1.165) is 5.75 Å². The minimum absolute atomic E-state index is 0.106. The predicted molar refractivity (Wildman–Crippen MR) is 69.7 cm³/mol. The Bertz CT molecular complexity index is 314. The second kappa shape index (κ2) is 7.68. The third-order valence-corrected chi connectivity index (χ3v) is 1.58. The lowest BCUT2D eigenvalue weighted by molar-refractivity contribution is -0.115. The van der Waals surface area contributed by atoms with Crippen molar-refractivity contribution in [1.29, 1.82) is 0 Å². The molecule has 0 fully saturated rings. The van der Waals surface area contributed by atoms with Gasteiger partial charge >= 0.3 is 0 Å². The second-order valence-electron chi connectivity index (χ2n) is 4.64. The van der Waals surface area contributed by atoms with Gasteiger partial charge in [0.2, 0.25) is 5.91 Å². The molecular weight excluding hydrogens is 216 g/mol. The van der Waals surface area contributed by atoms with Gasteiger partial charge in [0.1, 0.15) is 12.5 Å². The zero-order chi connectivity index (χ0) is 13.3. The number of para-hydroxylation sites is 1. The first-order valence-corrected chi connectivity index (χ1v) is 5.50. The number of carbonyl (C=O) groups is 1. The fraction of sp³-hybridized carbons (Fsp3) is 0.462. The fourth-order valence-electron chi connectivity index (χ4n) is 0.853. The number of hydrogen-bond acceptors (Lipinski definition) is 3. The van der Waals surface area contributed by atoms with E-state index >= 15 is 0 Å². The highest BCUT2D eigenvalue weighted by Crippen LogP contribution is 2.08. The number of rotatable bonds is 3. The van der Waals surface area contributed by atoms with Gasteiger partial charge in [0, 0.05) is 12.5 Å². The molecule has 4 heteroatoms. The van der Waals surface area contributed by atoms with Gasteiger partial charge in [0.05, 0.1) is 0 Å². The van der Waals surface area contributed by atoms with Crippen molar-refractivity contribution in [3.8, 4) is 5.75 Å². The highest BCUT2D eigenvalue weighted by Gasteiger charge is 2.07. The van der Waals surface area contributed by atoms with Crippen molar-refractivity contribution >= 4 is 5.91 Å². The number of benzene rings is 1. The van der Waals surface area contributed by atoms with Crippen LogP contribution in [0.3, 0.4) is 0 Å². The highest BCUT2D eigenvalue weighted by molar-refractivity contribution is 5.70. The molecule has 4 nitrogen and oxygen atoms in total. The third-order valence-electron chi connectivity index (χ3n) is 1.58. The first-order valence-electron chi connectivity index (χ1n) is 5.50. The van der Waals surface area contributed by atoms with Crippen molar-refractivity contribution in [2.45, 2.75) is 33.2 Å². The number of nitrogens with one attached hydrogen (secondary N) is 1. The topological polar surface area (TPSA) is 64.3 Å². The zero-order valence-electron chi connectivity index (χ0n) is 11.0. The molecule has 0 unspecified atom stereocenters. The molecule has 0 bridgehead atoms. The van der Waals surface area contributed by atoms with Gasteiger partial charge in [0.15, 0.2) is 0 Å². The minimum Gasteiger partial charge on any atom is -0.478 e. The van der Waals surface area contributed by atoms with Crippen LogP contribution >= 0.6 is 0 Å². The molecule has 0 atom stereocenters. The highest BCUT2D eigenvalue weighted by atomic mass is 16.5. The van der Waals surface area contributed by atoms with Crippen molar-refractivity contribution in [3.63, 3.8) is 0 Å². The summed E-state index contributed by atoms with van der Waals surface area (Å²) in [6, 6.07) is 9.80. The molecule has 0 heterocycles. The van der Waals surface area contributed by atoms with Crippen LogP contribution in [0.25, 0.3) is 0 Å². The third kappa shape index (κ3) is 12.4.